The second-order valence-corrected chi connectivity index (χ2v) is 16.6. The highest BCUT2D eigenvalue weighted by molar-refractivity contribution is 6.08. The molecule has 376 valence electrons. The van der Waals surface area contributed by atoms with Crippen molar-refractivity contribution in [2.45, 2.75) is 37.3 Å². The van der Waals surface area contributed by atoms with E-state index in [2.05, 4.69) is 16.0 Å². The van der Waals surface area contributed by atoms with Gasteiger partial charge in [-0.25, -0.2) is 19.2 Å². The first-order chi connectivity index (χ1) is 34.7. The summed E-state index contributed by atoms with van der Waals surface area (Å²) in [6.45, 7) is 1.14. The number of alkyl halides is 6. The first-order valence-electron chi connectivity index (χ1n) is 22.1. The Morgan fingerprint density at radius 2 is 0.986 bits per heavy atom. The molecule has 0 radical (unpaired) electrons. The first kappa shape index (κ1) is 51.9. The number of urea groups is 2. The molecule has 0 spiro atoms. The van der Waals surface area contributed by atoms with Crippen molar-refractivity contribution in [3.8, 4) is 12.1 Å². The minimum absolute atomic E-state index is 0.0578. The van der Waals surface area contributed by atoms with Gasteiger partial charge in [0.1, 0.15) is 0 Å². The fraction of sp³-hybridized carbons (Fsp3) is 0.240. The Morgan fingerprint density at radius 1 is 0.616 bits per heavy atom. The molecule has 0 fully saturated rings. The van der Waals surface area contributed by atoms with Crippen molar-refractivity contribution in [3.63, 3.8) is 0 Å². The molecule has 5 N–H and O–H groups in total. The number of carboxylic acid groups (broad SMARTS) is 2. The van der Waals surface area contributed by atoms with E-state index in [9.17, 15) is 65.6 Å². The normalized spacial score (nSPS) is 17.7. The van der Waals surface area contributed by atoms with Crippen molar-refractivity contribution in [1.29, 1.82) is 10.5 Å². The van der Waals surface area contributed by atoms with E-state index in [0.717, 1.165) is 34.1 Å². The molecular formula is C50H41F6N9O8. The van der Waals surface area contributed by atoms with Crippen molar-refractivity contribution in [1.82, 2.24) is 25.8 Å². The second kappa shape index (κ2) is 21.6. The fourth-order valence-electron chi connectivity index (χ4n) is 8.60. The van der Waals surface area contributed by atoms with E-state index in [4.69, 9.17) is 10.2 Å². The number of hydrogen-bond acceptors (Lipinski definition) is 9. The third kappa shape index (κ3) is 11.6. The summed E-state index contributed by atoms with van der Waals surface area (Å²) < 4.78 is 82.2. The maximum absolute atomic E-state index is 14.0. The number of carbonyl (C=O) groups excluding carboxylic acids is 4. The van der Waals surface area contributed by atoms with E-state index in [0.29, 0.717) is 60.3 Å². The molecule has 2 atom stereocenters. The van der Waals surface area contributed by atoms with E-state index >= 15 is 0 Å². The molecule has 17 nitrogen and oxygen atoms in total. The Balaban J connectivity index is 0.000000899. The number of halogens is 6. The van der Waals surface area contributed by atoms with Gasteiger partial charge in [-0.05, 0) is 97.7 Å². The van der Waals surface area contributed by atoms with E-state index in [1.165, 1.54) is 58.3 Å². The molecular weight excluding hydrogens is 969 g/mol. The summed E-state index contributed by atoms with van der Waals surface area (Å²) in [5.74, 6) is -3.34. The van der Waals surface area contributed by atoms with Crippen LogP contribution in [0, 0.1) is 22.7 Å². The molecule has 0 saturated carbocycles. The molecule has 23 heteroatoms. The summed E-state index contributed by atoms with van der Waals surface area (Å²) in [7, 11) is 0. The molecule has 0 saturated heterocycles. The van der Waals surface area contributed by atoms with Gasteiger partial charge in [0, 0.05) is 25.2 Å². The third-order valence-corrected chi connectivity index (χ3v) is 11.9. The summed E-state index contributed by atoms with van der Waals surface area (Å²) in [4.78, 5) is 79.7. The number of nitrogens with zero attached hydrogens (tertiary/aromatic N) is 6. The van der Waals surface area contributed by atoms with Crippen LogP contribution < -0.4 is 25.8 Å². The molecule has 0 unspecified atom stereocenters. The first-order valence-corrected chi connectivity index (χ1v) is 22.1. The van der Waals surface area contributed by atoms with Gasteiger partial charge >= 0.3 is 36.4 Å². The van der Waals surface area contributed by atoms with Crippen LogP contribution in [0.2, 0.25) is 0 Å². The van der Waals surface area contributed by atoms with Crippen LogP contribution in [-0.2, 0) is 31.5 Å². The number of carboxylic acids is 2. The Morgan fingerprint density at radius 3 is 1.32 bits per heavy atom. The number of carbonyl (C=O) groups is 6. The lowest BCUT2D eigenvalue weighted by molar-refractivity contribution is -0.138. The van der Waals surface area contributed by atoms with Gasteiger partial charge in [-0.15, -0.1) is 0 Å². The Labute approximate surface area is 411 Å². The van der Waals surface area contributed by atoms with E-state index in [1.807, 2.05) is 12.1 Å². The number of nitrogens with one attached hydrogen (secondary N) is 3. The van der Waals surface area contributed by atoms with Crippen molar-refractivity contribution in [2.24, 2.45) is 0 Å². The van der Waals surface area contributed by atoms with Gasteiger partial charge in [0.15, 0.2) is 0 Å². The molecule has 0 bridgehead atoms. The van der Waals surface area contributed by atoms with Gasteiger partial charge in [-0.3, -0.25) is 19.4 Å². The minimum Gasteiger partial charge on any atom is -0.478 e. The summed E-state index contributed by atoms with van der Waals surface area (Å²) in [5.41, 5.74) is 0.511. The minimum atomic E-state index is -4.68. The van der Waals surface area contributed by atoms with Crippen LogP contribution in [0.5, 0.6) is 0 Å². The number of benzene rings is 4. The monoisotopic (exact) mass is 1010 g/mol. The highest BCUT2D eigenvalue weighted by Gasteiger charge is 2.47. The van der Waals surface area contributed by atoms with Crippen LogP contribution in [0.3, 0.4) is 0 Å². The van der Waals surface area contributed by atoms with Gasteiger partial charge < -0.3 is 36.0 Å². The molecule has 8 rings (SSSR count). The zero-order chi connectivity index (χ0) is 52.8. The molecule has 73 heavy (non-hydrogen) atoms. The van der Waals surface area contributed by atoms with Crippen LogP contribution in [0.25, 0.3) is 0 Å². The van der Waals surface area contributed by atoms with Gasteiger partial charge in [-0.1, -0.05) is 36.4 Å². The van der Waals surface area contributed by atoms with Gasteiger partial charge in [0.25, 0.3) is 11.8 Å². The van der Waals surface area contributed by atoms with E-state index in [-0.39, 0.29) is 60.1 Å². The molecule has 4 aromatic rings. The third-order valence-electron chi connectivity index (χ3n) is 11.9. The second-order valence-electron chi connectivity index (χ2n) is 16.6. The molecule has 6 amide bonds. The predicted molar refractivity (Wildman–Crippen MR) is 246 cm³/mol. The smallest absolute Gasteiger partial charge is 0.416 e. The van der Waals surface area contributed by atoms with E-state index < -0.39 is 71.4 Å². The van der Waals surface area contributed by atoms with Crippen molar-refractivity contribution >= 4 is 47.2 Å². The molecule has 4 heterocycles. The number of hydrogen-bond donors (Lipinski definition) is 5. The molecule has 4 aliphatic heterocycles. The quantitative estimate of drug-likeness (QED) is 0.0490. The Hall–Kier alpha value is -8.96. The molecule has 0 aromatic heterocycles. The average Bonchev–Trinajstić information content (AvgIpc) is 3.86. The lowest BCUT2D eigenvalue weighted by Crippen LogP contribution is -2.47. The molecule has 4 aromatic carbocycles. The summed E-state index contributed by atoms with van der Waals surface area (Å²) >= 11 is 0. The largest absolute Gasteiger partial charge is 0.478 e. The van der Waals surface area contributed by atoms with Crippen LogP contribution in [-0.4, -0.2) is 95.1 Å². The van der Waals surface area contributed by atoms with Crippen LogP contribution in [0.4, 0.5) is 47.3 Å². The lowest BCUT2D eigenvalue weighted by atomic mass is 9.94. The SMILES string of the molecule is N#Cc1ccc([C@H]2NC(=O)N(c3cccc(C(F)(F)F)c3)C3=C2C(=O)N(CCCNCCCN2CC4=C(C2=O)[C@@H](c2ccc(C#N)cc2)NC(=O)N4c2cccc(C(F)(F)F)c2)C3)cc1.O=C(O)/C=C/C(=O)O. The number of aliphatic carboxylic acids is 2. The van der Waals surface area contributed by atoms with E-state index in [1.54, 1.807) is 24.3 Å². The number of anilines is 2. The summed E-state index contributed by atoms with van der Waals surface area (Å²) in [6.07, 6.45) is -7.38. The van der Waals surface area contributed by atoms with Crippen LogP contribution >= 0.6 is 0 Å². The number of rotatable bonds is 14. The van der Waals surface area contributed by atoms with Crippen LogP contribution in [0.1, 0.15) is 58.3 Å². The summed E-state index contributed by atoms with van der Waals surface area (Å²) in [6, 6.07) is 21.8. The topological polar surface area (TPSA) is 240 Å². The van der Waals surface area contributed by atoms with Crippen LogP contribution in [0.15, 0.2) is 132 Å². The standard InChI is InChI=1S/C46H37F6N9O4.C4H4O4/c47-45(48,49)31-5-1-7-33(21-31)60-35-25-58(41(62)37(35)39(56-43(60)64)29-13-9-27(23-53)10-14-29)19-3-17-55-18-4-20-59-26-36-38(42(59)63)40(30-15-11-28(24-54)12-16-30)57-44(65)61(36)34-8-2-6-32(22-34)46(50,51)52;5-3(6)1-2-4(7)8/h1-2,5-16,21-22,39-40,55H,3-4,17-20,25-26H2,(H,56,64)(H,57,65);1-2H,(H,5,6)(H,7,8)/b;2-1+/t39-,40-;/m1./s1. The maximum atomic E-state index is 14.0. The molecule has 4 aliphatic rings. The zero-order valence-electron chi connectivity index (χ0n) is 38.0. The van der Waals surface area contributed by atoms with Crippen molar-refractivity contribution in [2.75, 3.05) is 49.1 Å². The number of nitriles is 2. The maximum Gasteiger partial charge on any atom is 0.416 e. The van der Waals surface area contributed by atoms with Crippen molar-refractivity contribution < 1.29 is 65.3 Å². The summed E-state index contributed by atoms with van der Waals surface area (Å²) in [5, 5.41) is 43.0. The van der Waals surface area contributed by atoms with Gasteiger partial charge in [0.05, 0.1) is 93.5 Å². The highest BCUT2D eigenvalue weighted by Crippen LogP contribution is 2.42. The Bertz CT molecular complexity index is 2830. The van der Waals surface area contributed by atoms with Crippen molar-refractivity contribution in [3.05, 3.63) is 165 Å². The van der Waals surface area contributed by atoms with Gasteiger partial charge in [-0.2, -0.15) is 36.9 Å². The zero-order valence-corrected chi connectivity index (χ0v) is 38.0. The lowest BCUT2D eigenvalue weighted by Gasteiger charge is -2.34. The average molecular weight is 1010 g/mol. The predicted octanol–water partition coefficient (Wildman–Crippen LogP) is 6.98. The molecule has 0 aliphatic carbocycles. The highest BCUT2D eigenvalue weighted by atomic mass is 19.4. The fourth-order valence-corrected chi connectivity index (χ4v) is 8.60. The van der Waals surface area contributed by atoms with Gasteiger partial charge in [0.2, 0.25) is 0 Å². The number of amides is 6. The Kier molecular flexibility index (Phi) is 15.3.